The third-order valence-electron chi connectivity index (χ3n) is 5.94. The first kappa shape index (κ1) is 24.5. The maximum atomic E-state index is 13.0. The Labute approximate surface area is 211 Å². The molecule has 0 atom stereocenters. The molecule has 1 saturated heterocycles. The van der Waals surface area contributed by atoms with Crippen LogP contribution in [0.5, 0.6) is 0 Å². The summed E-state index contributed by atoms with van der Waals surface area (Å²) in [6, 6.07) is 18.2. The van der Waals surface area contributed by atoms with Gasteiger partial charge in [-0.05, 0) is 23.6 Å². The SMILES string of the molecule is CC(C)CN(CCC(=O)N1CCN(c2ccccc2Cl)CC1)c1nc(Cc2ccccc2)ns1. The predicted octanol–water partition coefficient (Wildman–Crippen LogP) is 4.98. The Bertz CT molecular complexity index is 1070. The van der Waals surface area contributed by atoms with Crippen LogP contribution < -0.4 is 9.80 Å². The molecule has 6 nitrogen and oxygen atoms in total. The topological polar surface area (TPSA) is 52.6 Å². The van der Waals surface area contributed by atoms with Gasteiger partial charge < -0.3 is 14.7 Å². The van der Waals surface area contributed by atoms with Crippen molar-refractivity contribution < 1.29 is 4.79 Å². The van der Waals surface area contributed by atoms with E-state index >= 15 is 0 Å². The van der Waals surface area contributed by atoms with Gasteiger partial charge in [-0.2, -0.15) is 4.37 Å². The molecule has 1 aliphatic rings. The second kappa shape index (κ2) is 11.7. The fraction of sp³-hybridized carbons (Fsp3) is 0.423. The van der Waals surface area contributed by atoms with E-state index in [1.807, 2.05) is 47.4 Å². The minimum atomic E-state index is 0.196. The van der Waals surface area contributed by atoms with E-state index in [1.165, 1.54) is 17.1 Å². The van der Waals surface area contributed by atoms with Gasteiger partial charge in [0, 0.05) is 63.6 Å². The van der Waals surface area contributed by atoms with Gasteiger partial charge >= 0.3 is 0 Å². The molecule has 34 heavy (non-hydrogen) atoms. The smallest absolute Gasteiger partial charge is 0.224 e. The summed E-state index contributed by atoms with van der Waals surface area (Å²) < 4.78 is 4.58. The number of hydrogen-bond acceptors (Lipinski definition) is 6. The van der Waals surface area contributed by atoms with Gasteiger partial charge in [0.05, 0.1) is 10.7 Å². The van der Waals surface area contributed by atoms with Gasteiger partial charge in [-0.1, -0.05) is 67.9 Å². The highest BCUT2D eigenvalue weighted by Crippen LogP contribution is 2.26. The fourth-order valence-corrected chi connectivity index (χ4v) is 5.20. The number of benzene rings is 2. The van der Waals surface area contributed by atoms with Gasteiger partial charge in [-0.15, -0.1) is 0 Å². The zero-order valence-electron chi connectivity index (χ0n) is 19.9. The Kier molecular flexibility index (Phi) is 8.40. The van der Waals surface area contributed by atoms with Crippen LogP contribution in [0.4, 0.5) is 10.8 Å². The third kappa shape index (κ3) is 6.48. The molecular formula is C26H32ClN5OS. The molecule has 1 aliphatic heterocycles. The zero-order valence-corrected chi connectivity index (χ0v) is 21.4. The molecule has 0 bridgehead atoms. The second-order valence-electron chi connectivity index (χ2n) is 9.06. The molecule has 3 aromatic rings. The molecule has 0 spiro atoms. The van der Waals surface area contributed by atoms with Crippen LogP contribution in [0.15, 0.2) is 54.6 Å². The second-order valence-corrected chi connectivity index (χ2v) is 10.2. The van der Waals surface area contributed by atoms with Crippen molar-refractivity contribution in [2.75, 3.05) is 49.1 Å². The Balaban J connectivity index is 1.32. The van der Waals surface area contributed by atoms with Crippen molar-refractivity contribution in [1.29, 1.82) is 0 Å². The lowest BCUT2D eigenvalue weighted by Gasteiger charge is -2.37. The zero-order chi connectivity index (χ0) is 23.9. The summed E-state index contributed by atoms with van der Waals surface area (Å²) in [5.41, 5.74) is 2.25. The summed E-state index contributed by atoms with van der Waals surface area (Å²) in [6.45, 7) is 8.91. The molecule has 0 unspecified atom stereocenters. The lowest BCUT2D eigenvalue weighted by atomic mass is 10.1. The van der Waals surface area contributed by atoms with Gasteiger partial charge in [-0.25, -0.2) is 4.98 Å². The number of amides is 1. The largest absolute Gasteiger partial charge is 0.367 e. The lowest BCUT2D eigenvalue weighted by Crippen LogP contribution is -2.49. The van der Waals surface area contributed by atoms with Crippen LogP contribution in [0, 0.1) is 5.92 Å². The van der Waals surface area contributed by atoms with Crippen molar-refractivity contribution in [2.45, 2.75) is 26.7 Å². The van der Waals surface area contributed by atoms with Crippen molar-refractivity contribution in [2.24, 2.45) is 5.92 Å². The van der Waals surface area contributed by atoms with Crippen LogP contribution in [-0.2, 0) is 11.2 Å². The highest BCUT2D eigenvalue weighted by Gasteiger charge is 2.23. The monoisotopic (exact) mass is 497 g/mol. The molecule has 1 amide bonds. The van der Waals surface area contributed by atoms with Crippen molar-refractivity contribution in [3.05, 3.63) is 71.0 Å². The molecule has 0 radical (unpaired) electrons. The van der Waals surface area contributed by atoms with Crippen molar-refractivity contribution >= 4 is 39.9 Å². The maximum Gasteiger partial charge on any atom is 0.224 e. The maximum absolute atomic E-state index is 13.0. The average Bonchev–Trinajstić information content (AvgIpc) is 3.31. The number of nitrogens with zero attached hydrogens (tertiary/aromatic N) is 5. The van der Waals surface area contributed by atoms with Crippen molar-refractivity contribution in [3.63, 3.8) is 0 Å². The molecule has 180 valence electrons. The first-order valence-corrected chi connectivity index (χ1v) is 13.0. The van der Waals surface area contributed by atoms with E-state index in [9.17, 15) is 4.79 Å². The van der Waals surface area contributed by atoms with Crippen LogP contribution in [-0.4, -0.2) is 59.4 Å². The minimum absolute atomic E-state index is 0.196. The Morgan fingerprint density at radius 1 is 1.06 bits per heavy atom. The predicted molar refractivity (Wildman–Crippen MR) is 141 cm³/mol. The molecule has 8 heteroatoms. The van der Waals surface area contributed by atoms with Crippen LogP contribution >= 0.6 is 23.1 Å². The van der Waals surface area contributed by atoms with Crippen molar-refractivity contribution in [1.82, 2.24) is 14.3 Å². The standard InChI is InChI=1S/C26H32ClN5OS/c1-20(2)19-32(26-28-24(29-34-26)18-21-8-4-3-5-9-21)13-12-25(33)31-16-14-30(15-17-31)23-11-7-6-10-22(23)27/h3-11,20H,12-19H2,1-2H3. The van der Waals surface area contributed by atoms with Gasteiger partial charge in [0.2, 0.25) is 11.0 Å². The number of hydrogen-bond donors (Lipinski definition) is 0. The van der Waals surface area contributed by atoms with Gasteiger partial charge in [0.25, 0.3) is 0 Å². The van der Waals surface area contributed by atoms with Crippen molar-refractivity contribution in [3.8, 4) is 0 Å². The first-order valence-electron chi connectivity index (χ1n) is 11.9. The highest BCUT2D eigenvalue weighted by atomic mass is 35.5. The van der Waals surface area contributed by atoms with Crippen LogP contribution in [0.1, 0.15) is 31.7 Å². The summed E-state index contributed by atoms with van der Waals surface area (Å²) >= 11 is 7.78. The molecule has 1 fully saturated rings. The molecule has 0 N–H and O–H groups in total. The quantitative estimate of drug-likeness (QED) is 0.417. The van der Waals surface area contributed by atoms with Crippen LogP contribution in [0.25, 0.3) is 0 Å². The number of para-hydroxylation sites is 1. The number of halogens is 1. The number of carbonyl (C=O) groups is 1. The van der Waals surface area contributed by atoms with E-state index in [4.69, 9.17) is 16.6 Å². The fourth-order valence-electron chi connectivity index (χ4n) is 4.22. The molecule has 4 rings (SSSR count). The first-order chi connectivity index (χ1) is 16.5. The average molecular weight is 498 g/mol. The van der Waals surface area contributed by atoms with Gasteiger partial charge in [0.1, 0.15) is 5.82 Å². The van der Waals surface area contributed by atoms with E-state index in [0.29, 0.717) is 32.0 Å². The number of carbonyl (C=O) groups excluding carboxylic acids is 1. The lowest BCUT2D eigenvalue weighted by molar-refractivity contribution is -0.131. The molecule has 0 aliphatic carbocycles. The minimum Gasteiger partial charge on any atom is -0.367 e. The number of aromatic nitrogens is 2. The third-order valence-corrected chi connectivity index (χ3v) is 7.07. The molecule has 2 heterocycles. The van der Waals surface area contributed by atoms with Gasteiger partial charge in [-0.3, -0.25) is 4.79 Å². The van der Waals surface area contributed by atoms with E-state index in [1.54, 1.807) is 0 Å². The summed E-state index contributed by atoms with van der Waals surface area (Å²) in [7, 11) is 0. The van der Waals surface area contributed by atoms with E-state index in [-0.39, 0.29) is 5.91 Å². The van der Waals surface area contributed by atoms with Crippen LogP contribution in [0.2, 0.25) is 5.02 Å². The molecule has 1 aromatic heterocycles. The summed E-state index contributed by atoms with van der Waals surface area (Å²) in [6.07, 6.45) is 1.20. The number of anilines is 2. The molecule has 0 saturated carbocycles. The molecular weight excluding hydrogens is 466 g/mol. The Hall–Kier alpha value is -2.64. The summed E-state index contributed by atoms with van der Waals surface area (Å²) in [5, 5.41) is 1.66. The summed E-state index contributed by atoms with van der Waals surface area (Å²) in [5.74, 6) is 1.50. The van der Waals surface area contributed by atoms with Gasteiger partial charge in [0.15, 0.2) is 0 Å². The Morgan fingerprint density at radius 2 is 1.76 bits per heavy atom. The summed E-state index contributed by atoms with van der Waals surface area (Å²) in [4.78, 5) is 24.2. The number of rotatable bonds is 9. The normalized spacial score (nSPS) is 14.0. The van der Waals surface area contributed by atoms with E-state index in [0.717, 1.165) is 47.7 Å². The number of piperazine rings is 1. The van der Waals surface area contributed by atoms with E-state index in [2.05, 4.69) is 40.2 Å². The Morgan fingerprint density at radius 3 is 2.47 bits per heavy atom. The molecule has 2 aromatic carbocycles. The van der Waals surface area contributed by atoms with E-state index < -0.39 is 0 Å². The van der Waals surface area contributed by atoms with Crippen LogP contribution in [0.3, 0.4) is 0 Å². The highest BCUT2D eigenvalue weighted by molar-refractivity contribution is 7.09.